The van der Waals surface area contributed by atoms with Crippen LogP contribution in [0.1, 0.15) is 33.9 Å². The number of aryl methyl sites for hydroxylation is 1. The number of amides is 1. The third-order valence-electron chi connectivity index (χ3n) is 6.54. The van der Waals surface area contributed by atoms with Gasteiger partial charge in [-0.1, -0.05) is 42.5 Å². The predicted molar refractivity (Wildman–Crippen MR) is 139 cm³/mol. The van der Waals surface area contributed by atoms with E-state index in [0.717, 1.165) is 48.4 Å². The molecule has 9 nitrogen and oxygen atoms in total. The number of anilines is 2. The van der Waals surface area contributed by atoms with Crippen LogP contribution in [0.4, 0.5) is 11.6 Å². The van der Waals surface area contributed by atoms with E-state index in [1.165, 1.54) is 11.1 Å². The molecule has 9 heteroatoms. The SMILES string of the molecule is O=C(NCc1nc(N/N=C2\CCc3ccccc32)cc(N2CCOCC2)n1)c1cc2ccccc2[nH]1. The van der Waals surface area contributed by atoms with E-state index in [9.17, 15) is 4.79 Å². The standard InChI is InChI=1S/C27H27N7O2/c35-27(23-15-19-6-2-4-8-21(19)29-23)28-17-25-30-24(16-26(31-25)34-11-13-36-14-12-34)33-32-22-10-9-18-5-1-3-7-20(18)22/h1-8,15-16,29H,9-14,17H2,(H,28,35)(H,30,31,33)/b32-22+. The van der Waals surface area contributed by atoms with Gasteiger partial charge in [0.15, 0.2) is 11.6 Å². The maximum absolute atomic E-state index is 12.8. The Morgan fingerprint density at radius 1 is 1.03 bits per heavy atom. The van der Waals surface area contributed by atoms with Crippen molar-refractivity contribution >= 4 is 34.2 Å². The monoisotopic (exact) mass is 481 g/mol. The zero-order chi connectivity index (χ0) is 24.3. The van der Waals surface area contributed by atoms with Gasteiger partial charge in [-0.05, 0) is 30.5 Å². The quantitative estimate of drug-likeness (QED) is 0.364. The summed E-state index contributed by atoms with van der Waals surface area (Å²) in [6.07, 6.45) is 1.88. The Morgan fingerprint density at radius 3 is 2.75 bits per heavy atom. The number of hydrazone groups is 1. The van der Waals surface area contributed by atoms with Crippen molar-refractivity contribution in [3.8, 4) is 0 Å². The van der Waals surface area contributed by atoms with E-state index in [-0.39, 0.29) is 12.5 Å². The predicted octanol–water partition coefficient (Wildman–Crippen LogP) is 3.49. The van der Waals surface area contributed by atoms with Crippen LogP contribution in [0.15, 0.2) is 65.8 Å². The van der Waals surface area contributed by atoms with Crippen molar-refractivity contribution in [2.24, 2.45) is 5.10 Å². The second-order valence-corrected chi connectivity index (χ2v) is 8.91. The molecule has 4 aromatic rings. The lowest BCUT2D eigenvalue weighted by Gasteiger charge is -2.28. The van der Waals surface area contributed by atoms with E-state index < -0.39 is 0 Å². The molecule has 1 fully saturated rings. The number of aromatic amines is 1. The van der Waals surface area contributed by atoms with Gasteiger partial charge in [-0.2, -0.15) is 5.10 Å². The van der Waals surface area contributed by atoms with Crippen molar-refractivity contribution in [1.29, 1.82) is 0 Å². The summed E-state index contributed by atoms with van der Waals surface area (Å²) in [7, 11) is 0. The first-order valence-corrected chi connectivity index (χ1v) is 12.2. The minimum absolute atomic E-state index is 0.195. The minimum Gasteiger partial charge on any atom is -0.378 e. The molecule has 0 saturated carbocycles. The molecule has 2 aromatic heterocycles. The van der Waals surface area contributed by atoms with Crippen LogP contribution in [0, 0.1) is 0 Å². The lowest BCUT2D eigenvalue weighted by Crippen LogP contribution is -2.37. The number of para-hydroxylation sites is 1. The number of nitrogens with one attached hydrogen (secondary N) is 3. The van der Waals surface area contributed by atoms with Crippen LogP contribution in [-0.4, -0.2) is 52.9 Å². The highest BCUT2D eigenvalue weighted by Gasteiger charge is 2.18. The number of H-pyrrole nitrogens is 1. The van der Waals surface area contributed by atoms with Crippen LogP contribution in [-0.2, 0) is 17.7 Å². The van der Waals surface area contributed by atoms with Crippen LogP contribution in [0.25, 0.3) is 10.9 Å². The highest BCUT2D eigenvalue weighted by molar-refractivity contribution is 6.04. The first-order chi connectivity index (χ1) is 17.7. The van der Waals surface area contributed by atoms with Crippen LogP contribution >= 0.6 is 0 Å². The number of nitrogens with zero attached hydrogens (tertiary/aromatic N) is 4. The normalized spacial score (nSPS) is 16.3. The topological polar surface area (TPSA) is 108 Å². The van der Waals surface area contributed by atoms with Gasteiger partial charge in [0.2, 0.25) is 0 Å². The molecule has 0 spiro atoms. The second-order valence-electron chi connectivity index (χ2n) is 8.91. The third kappa shape index (κ3) is 4.65. The molecule has 0 atom stereocenters. The molecule has 2 aliphatic rings. The number of rotatable bonds is 6. The molecule has 0 unspecified atom stereocenters. The fraction of sp³-hybridized carbons (Fsp3) is 0.259. The summed E-state index contributed by atoms with van der Waals surface area (Å²) in [5, 5.41) is 8.60. The Kier molecular flexibility index (Phi) is 6.05. The Labute approximate surface area is 208 Å². The average Bonchev–Trinajstić information content (AvgIpc) is 3.55. The Balaban J connectivity index is 1.22. The number of benzene rings is 2. The van der Waals surface area contributed by atoms with Gasteiger partial charge < -0.3 is 19.9 Å². The Morgan fingerprint density at radius 2 is 1.86 bits per heavy atom. The van der Waals surface area contributed by atoms with Crippen molar-refractivity contribution in [2.45, 2.75) is 19.4 Å². The first-order valence-electron chi connectivity index (χ1n) is 12.2. The number of hydrogen-bond acceptors (Lipinski definition) is 7. The Bertz CT molecular complexity index is 1410. The van der Waals surface area contributed by atoms with Gasteiger partial charge in [0, 0.05) is 35.6 Å². The lowest BCUT2D eigenvalue weighted by atomic mass is 10.1. The van der Waals surface area contributed by atoms with Crippen molar-refractivity contribution < 1.29 is 9.53 Å². The summed E-state index contributed by atoms with van der Waals surface area (Å²) >= 11 is 0. The summed E-state index contributed by atoms with van der Waals surface area (Å²) in [5.41, 5.74) is 8.09. The van der Waals surface area contributed by atoms with Crippen LogP contribution in [0.2, 0.25) is 0 Å². The highest BCUT2D eigenvalue weighted by atomic mass is 16.5. The third-order valence-corrected chi connectivity index (χ3v) is 6.54. The molecular formula is C27H27N7O2. The van der Waals surface area contributed by atoms with Crippen molar-refractivity contribution in [3.05, 3.63) is 83.3 Å². The van der Waals surface area contributed by atoms with Crippen LogP contribution in [0.3, 0.4) is 0 Å². The Hall–Kier alpha value is -4.24. The fourth-order valence-electron chi connectivity index (χ4n) is 4.67. The molecule has 6 rings (SSSR count). The molecule has 1 aliphatic carbocycles. The number of fused-ring (bicyclic) bond motifs is 2. The molecule has 1 aliphatic heterocycles. The number of carbonyl (C=O) groups is 1. The molecule has 1 saturated heterocycles. The van der Waals surface area contributed by atoms with E-state index in [2.05, 4.69) is 48.9 Å². The van der Waals surface area contributed by atoms with Crippen molar-refractivity contribution in [1.82, 2.24) is 20.3 Å². The maximum atomic E-state index is 12.8. The molecule has 1 amide bonds. The van der Waals surface area contributed by atoms with E-state index >= 15 is 0 Å². The number of aromatic nitrogens is 3. The first kappa shape index (κ1) is 22.2. The number of carbonyl (C=O) groups excluding carboxylic acids is 1. The molecular weight excluding hydrogens is 454 g/mol. The molecule has 2 aromatic carbocycles. The van der Waals surface area contributed by atoms with Gasteiger partial charge in [-0.15, -0.1) is 0 Å². The number of hydrogen-bond donors (Lipinski definition) is 3. The smallest absolute Gasteiger partial charge is 0.268 e. The van der Waals surface area contributed by atoms with Crippen LogP contribution in [0.5, 0.6) is 0 Å². The largest absolute Gasteiger partial charge is 0.378 e. The summed E-state index contributed by atoms with van der Waals surface area (Å²) < 4.78 is 5.50. The molecule has 36 heavy (non-hydrogen) atoms. The number of morpholine rings is 1. The molecule has 0 bridgehead atoms. The summed E-state index contributed by atoms with van der Waals surface area (Å²) in [6.45, 7) is 3.00. The molecule has 3 heterocycles. The van der Waals surface area contributed by atoms with E-state index in [1.54, 1.807) is 0 Å². The molecule has 0 radical (unpaired) electrons. The average molecular weight is 482 g/mol. The lowest BCUT2D eigenvalue weighted by molar-refractivity contribution is 0.0945. The zero-order valence-electron chi connectivity index (χ0n) is 19.8. The van der Waals surface area contributed by atoms with E-state index in [0.29, 0.717) is 30.5 Å². The highest BCUT2D eigenvalue weighted by Crippen LogP contribution is 2.23. The van der Waals surface area contributed by atoms with Crippen molar-refractivity contribution in [2.75, 3.05) is 36.6 Å². The van der Waals surface area contributed by atoms with Gasteiger partial charge >= 0.3 is 0 Å². The summed E-state index contributed by atoms with van der Waals surface area (Å²) in [4.78, 5) is 27.5. The zero-order valence-corrected chi connectivity index (χ0v) is 19.8. The second kappa shape index (κ2) is 9.79. The minimum atomic E-state index is -0.205. The van der Waals surface area contributed by atoms with Gasteiger partial charge in [0.1, 0.15) is 11.5 Å². The van der Waals surface area contributed by atoms with E-state index in [4.69, 9.17) is 9.72 Å². The van der Waals surface area contributed by atoms with Gasteiger partial charge in [0.25, 0.3) is 5.91 Å². The summed E-state index contributed by atoms with van der Waals surface area (Å²) in [6, 6.07) is 19.9. The van der Waals surface area contributed by atoms with Crippen LogP contribution < -0.4 is 15.6 Å². The van der Waals surface area contributed by atoms with Gasteiger partial charge in [-0.3, -0.25) is 10.2 Å². The van der Waals surface area contributed by atoms with Gasteiger partial charge in [-0.25, -0.2) is 9.97 Å². The van der Waals surface area contributed by atoms with Gasteiger partial charge in [0.05, 0.1) is 25.5 Å². The maximum Gasteiger partial charge on any atom is 0.268 e. The molecule has 3 N–H and O–H groups in total. The summed E-state index contributed by atoms with van der Waals surface area (Å²) in [5.74, 6) is 1.69. The van der Waals surface area contributed by atoms with E-state index in [1.807, 2.05) is 42.5 Å². The number of ether oxygens (including phenoxy) is 1. The molecule has 182 valence electrons. The van der Waals surface area contributed by atoms with Crippen molar-refractivity contribution in [3.63, 3.8) is 0 Å². The fourth-order valence-corrected chi connectivity index (χ4v) is 4.67.